The molecule has 23 heavy (non-hydrogen) atoms. The summed E-state index contributed by atoms with van der Waals surface area (Å²) in [5, 5.41) is 2.83. The molecule has 0 aromatic heterocycles. The molecule has 0 bridgehead atoms. The van der Waals surface area contributed by atoms with Crippen molar-refractivity contribution in [3.8, 4) is 17.6 Å². The number of nitrogens with one attached hydrogen (secondary N) is 1. The van der Waals surface area contributed by atoms with Gasteiger partial charge in [-0.15, -0.1) is 0 Å². The third-order valence-electron chi connectivity index (χ3n) is 3.93. The molecule has 5 nitrogen and oxygen atoms in total. The molecule has 2 rings (SSSR count). The highest BCUT2D eigenvalue weighted by molar-refractivity contribution is 5.94. The Morgan fingerprint density at radius 3 is 2.74 bits per heavy atom. The molecule has 1 saturated heterocycles. The zero-order valence-electron chi connectivity index (χ0n) is 13.6. The second-order valence-electron chi connectivity index (χ2n) is 5.66. The van der Waals surface area contributed by atoms with Gasteiger partial charge in [-0.2, -0.15) is 0 Å². The van der Waals surface area contributed by atoms with Crippen LogP contribution in [-0.2, 0) is 9.59 Å². The molecule has 1 heterocycles. The number of methoxy groups -OCH3 is 1. The van der Waals surface area contributed by atoms with Crippen molar-refractivity contribution in [1.29, 1.82) is 0 Å². The van der Waals surface area contributed by atoms with E-state index in [4.69, 9.17) is 4.74 Å². The average Bonchev–Trinajstić information content (AvgIpc) is 2.58. The fourth-order valence-electron chi connectivity index (χ4n) is 2.60. The molecule has 0 radical (unpaired) electrons. The number of nitrogens with zero attached hydrogens (tertiary/aromatic N) is 1. The van der Waals surface area contributed by atoms with Gasteiger partial charge in [-0.3, -0.25) is 9.59 Å². The number of rotatable bonds is 3. The molecule has 1 aromatic rings. The van der Waals surface area contributed by atoms with Crippen molar-refractivity contribution in [2.75, 3.05) is 26.7 Å². The second-order valence-corrected chi connectivity index (χ2v) is 5.66. The molecule has 1 aromatic carbocycles. The minimum atomic E-state index is -0.291. The van der Waals surface area contributed by atoms with Crippen LogP contribution in [0.3, 0.4) is 0 Å². The number of hydrogen-bond acceptors (Lipinski definition) is 3. The standard InChI is InChI=1S/C18H22N2O3/c1-14(21)20-11-3-4-16(13-20)12-19-18(22)10-7-15-5-8-17(23-2)9-6-15/h5-6,8-9,16H,3-4,11-13H2,1-2H3,(H,19,22). The van der Waals surface area contributed by atoms with Crippen LogP contribution in [0.25, 0.3) is 0 Å². The number of hydrogen-bond donors (Lipinski definition) is 1. The van der Waals surface area contributed by atoms with Crippen molar-refractivity contribution >= 4 is 11.8 Å². The monoisotopic (exact) mass is 314 g/mol. The van der Waals surface area contributed by atoms with Crippen LogP contribution in [0.5, 0.6) is 5.75 Å². The van der Waals surface area contributed by atoms with Crippen LogP contribution in [-0.4, -0.2) is 43.5 Å². The fourth-order valence-corrected chi connectivity index (χ4v) is 2.60. The summed E-state index contributed by atoms with van der Waals surface area (Å²) >= 11 is 0. The van der Waals surface area contributed by atoms with Gasteiger partial charge in [0.05, 0.1) is 7.11 Å². The third kappa shape index (κ3) is 5.33. The smallest absolute Gasteiger partial charge is 0.296 e. The molecule has 0 aliphatic carbocycles. The Morgan fingerprint density at radius 2 is 2.09 bits per heavy atom. The Morgan fingerprint density at radius 1 is 1.35 bits per heavy atom. The van der Waals surface area contributed by atoms with E-state index in [2.05, 4.69) is 17.2 Å². The minimum Gasteiger partial charge on any atom is -0.497 e. The summed E-state index contributed by atoms with van der Waals surface area (Å²) in [5.74, 6) is 6.29. The largest absolute Gasteiger partial charge is 0.497 e. The molecule has 0 spiro atoms. The lowest BCUT2D eigenvalue weighted by Gasteiger charge is -2.31. The van der Waals surface area contributed by atoms with Gasteiger partial charge < -0.3 is 15.0 Å². The molecule has 5 heteroatoms. The Labute approximate surface area is 137 Å². The average molecular weight is 314 g/mol. The number of piperidine rings is 1. The molecular formula is C18H22N2O3. The maximum Gasteiger partial charge on any atom is 0.296 e. The molecular weight excluding hydrogens is 292 g/mol. The summed E-state index contributed by atoms with van der Waals surface area (Å²) < 4.78 is 5.07. The maximum atomic E-state index is 11.8. The van der Waals surface area contributed by atoms with Gasteiger partial charge >= 0.3 is 0 Å². The molecule has 1 aliphatic heterocycles. The maximum absolute atomic E-state index is 11.8. The highest BCUT2D eigenvalue weighted by atomic mass is 16.5. The van der Waals surface area contributed by atoms with Gasteiger partial charge in [0.1, 0.15) is 5.75 Å². The lowest BCUT2D eigenvalue weighted by molar-refractivity contribution is -0.130. The van der Waals surface area contributed by atoms with Crippen molar-refractivity contribution in [2.45, 2.75) is 19.8 Å². The van der Waals surface area contributed by atoms with E-state index >= 15 is 0 Å². The Kier molecular flexibility index (Phi) is 6.04. The highest BCUT2D eigenvalue weighted by Gasteiger charge is 2.21. The molecule has 2 amide bonds. The van der Waals surface area contributed by atoms with Gasteiger partial charge in [0.15, 0.2) is 0 Å². The third-order valence-corrected chi connectivity index (χ3v) is 3.93. The summed E-state index contributed by atoms with van der Waals surface area (Å²) in [5.41, 5.74) is 0.765. The van der Waals surface area contributed by atoms with E-state index in [1.165, 1.54) is 0 Å². The predicted octanol–water partition coefficient (Wildman–Crippen LogP) is 1.42. The zero-order valence-corrected chi connectivity index (χ0v) is 13.6. The normalized spacial score (nSPS) is 17.0. The van der Waals surface area contributed by atoms with Crippen molar-refractivity contribution in [3.05, 3.63) is 29.8 Å². The molecule has 1 N–H and O–H groups in total. The molecule has 0 saturated carbocycles. The zero-order chi connectivity index (χ0) is 16.7. The molecule has 1 fully saturated rings. The van der Waals surface area contributed by atoms with Crippen molar-refractivity contribution < 1.29 is 14.3 Å². The number of carbonyl (C=O) groups is 2. The van der Waals surface area contributed by atoms with Crippen molar-refractivity contribution in [2.24, 2.45) is 5.92 Å². The molecule has 1 aliphatic rings. The number of carbonyl (C=O) groups excluding carboxylic acids is 2. The summed E-state index contributed by atoms with van der Waals surface area (Å²) in [4.78, 5) is 25.0. The first-order chi connectivity index (χ1) is 11.1. The van der Waals surface area contributed by atoms with Gasteiger partial charge in [0.25, 0.3) is 5.91 Å². The van der Waals surface area contributed by atoms with Crippen LogP contribution in [0.4, 0.5) is 0 Å². The Hall–Kier alpha value is -2.48. The van der Waals surface area contributed by atoms with Crippen LogP contribution in [0.2, 0.25) is 0 Å². The number of ether oxygens (including phenoxy) is 1. The van der Waals surface area contributed by atoms with E-state index in [0.29, 0.717) is 19.0 Å². The van der Waals surface area contributed by atoms with Crippen molar-refractivity contribution in [3.63, 3.8) is 0 Å². The second kappa shape index (κ2) is 8.23. The molecule has 122 valence electrons. The Balaban J connectivity index is 1.81. The van der Waals surface area contributed by atoms with E-state index < -0.39 is 0 Å². The van der Waals surface area contributed by atoms with E-state index in [-0.39, 0.29) is 11.8 Å². The van der Waals surface area contributed by atoms with Crippen LogP contribution in [0, 0.1) is 17.8 Å². The summed E-state index contributed by atoms with van der Waals surface area (Å²) in [6.07, 6.45) is 2.01. The van der Waals surface area contributed by atoms with Gasteiger partial charge in [-0.25, -0.2) is 0 Å². The summed E-state index contributed by atoms with van der Waals surface area (Å²) in [6, 6.07) is 7.23. The molecule has 1 unspecified atom stereocenters. The SMILES string of the molecule is COc1ccc(C#CC(=O)NCC2CCCN(C(C)=O)C2)cc1. The minimum absolute atomic E-state index is 0.0975. The van der Waals surface area contributed by atoms with E-state index in [0.717, 1.165) is 30.7 Å². The topological polar surface area (TPSA) is 58.6 Å². The predicted molar refractivity (Wildman–Crippen MR) is 87.9 cm³/mol. The summed E-state index contributed by atoms with van der Waals surface area (Å²) in [6.45, 7) is 3.67. The van der Waals surface area contributed by atoms with E-state index in [9.17, 15) is 9.59 Å². The van der Waals surface area contributed by atoms with Crippen LogP contribution < -0.4 is 10.1 Å². The number of amides is 2. The van der Waals surface area contributed by atoms with Crippen LogP contribution in [0.1, 0.15) is 25.3 Å². The quantitative estimate of drug-likeness (QED) is 0.859. The van der Waals surface area contributed by atoms with E-state index in [1.54, 1.807) is 26.2 Å². The number of likely N-dealkylation sites (tertiary alicyclic amines) is 1. The first kappa shape index (κ1) is 16.9. The first-order valence-electron chi connectivity index (χ1n) is 7.78. The number of benzene rings is 1. The van der Waals surface area contributed by atoms with Crippen LogP contribution in [0.15, 0.2) is 24.3 Å². The first-order valence-corrected chi connectivity index (χ1v) is 7.78. The Bertz CT molecular complexity index is 613. The van der Waals surface area contributed by atoms with Gasteiger partial charge in [0, 0.05) is 38.0 Å². The lowest BCUT2D eigenvalue weighted by atomic mass is 9.98. The van der Waals surface area contributed by atoms with Gasteiger partial charge in [-0.1, -0.05) is 5.92 Å². The van der Waals surface area contributed by atoms with E-state index in [1.807, 2.05) is 17.0 Å². The molecule has 1 atom stereocenters. The highest BCUT2D eigenvalue weighted by Crippen LogP contribution is 2.15. The van der Waals surface area contributed by atoms with Gasteiger partial charge in [-0.05, 0) is 43.0 Å². The van der Waals surface area contributed by atoms with Gasteiger partial charge in [0.2, 0.25) is 5.91 Å². The van der Waals surface area contributed by atoms with Crippen molar-refractivity contribution in [1.82, 2.24) is 10.2 Å². The summed E-state index contributed by atoms with van der Waals surface area (Å²) in [7, 11) is 1.60. The fraction of sp³-hybridized carbons (Fsp3) is 0.444. The lowest BCUT2D eigenvalue weighted by Crippen LogP contribution is -2.42. The van der Waals surface area contributed by atoms with Crippen LogP contribution >= 0.6 is 0 Å².